The SMILES string of the molecule is Cc1nc(-c2cccnc2)[nH]c(=O)c1CC(=O)N1CCCC(c2nc(-c3ccc(F)cc3)no2)C1. The zero-order valence-electron chi connectivity index (χ0n) is 19.1. The average molecular weight is 474 g/mol. The predicted octanol–water partition coefficient (Wildman–Crippen LogP) is 3.28. The van der Waals surface area contributed by atoms with Crippen molar-refractivity contribution in [3.63, 3.8) is 0 Å². The van der Waals surface area contributed by atoms with Crippen LogP contribution in [-0.2, 0) is 11.2 Å². The van der Waals surface area contributed by atoms with E-state index in [2.05, 4.69) is 25.1 Å². The number of benzene rings is 1. The molecule has 4 heterocycles. The predicted molar refractivity (Wildman–Crippen MR) is 125 cm³/mol. The number of nitrogens with zero attached hydrogens (tertiary/aromatic N) is 5. The van der Waals surface area contributed by atoms with Gasteiger partial charge in [-0.2, -0.15) is 4.98 Å². The first-order chi connectivity index (χ1) is 17.0. The van der Waals surface area contributed by atoms with Gasteiger partial charge in [-0.05, 0) is 56.2 Å². The summed E-state index contributed by atoms with van der Waals surface area (Å²) in [5.41, 5.74) is 1.88. The first-order valence-corrected chi connectivity index (χ1v) is 11.4. The number of hydrogen-bond donors (Lipinski definition) is 1. The number of carbonyl (C=O) groups is 1. The molecule has 0 radical (unpaired) electrons. The van der Waals surface area contributed by atoms with Crippen molar-refractivity contribution in [1.29, 1.82) is 0 Å². The highest BCUT2D eigenvalue weighted by molar-refractivity contribution is 5.79. The lowest BCUT2D eigenvalue weighted by Crippen LogP contribution is -2.41. The molecular weight excluding hydrogens is 451 g/mol. The summed E-state index contributed by atoms with van der Waals surface area (Å²) >= 11 is 0. The molecule has 1 aliphatic heterocycles. The van der Waals surface area contributed by atoms with E-state index < -0.39 is 0 Å². The summed E-state index contributed by atoms with van der Waals surface area (Å²) in [4.78, 5) is 43.3. The van der Waals surface area contributed by atoms with E-state index in [9.17, 15) is 14.0 Å². The summed E-state index contributed by atoms with van der Waals surface area (Å²) in [5.74, 6) is 0.638. The number of aromatic amines is 1. The number of aryl methyl sites for hydroxylation is 1. The van der Waals surface area contributed by atoms with Crippen LogP contribution < -0.4 is 5.56 Å². The lowest BCUT2D eigenvalue weighted by molar-refractivity contribution is -0.131. The Morgan fingerprint density at radius 2 is 2.03 bits per heavy atom. The monoisotopic (exact) mass is 474 g/mol. The van der Waals surface area contributed by atoms with Crippen LogP contribution in [0.1, 0.15) is 35.9 Å². The first kappa shape index (κ1) is 22.6. The van der Waals surface area contributed by atoms with Crippen molar-refractivity contribution in [1.82, 2.24) is 30.0 Å². The van der Waals surface area contributed by atoms with E-state index in [1.165, 1.54) is 12.1 Å². The summed E-state index contributed by atoms with van der Waals surface area (Å²) < 4.78 is 18.7. The molecule has 3 aromatic heterocycles. The van der Waals surface area contributed by atoms with Gasteiger partial charge in [-0.15, -0.1) is 0 Å². The molecule has 5 rings (SSSR count). The molecule has 1 N–H and O–H groups in total. The highest BCUT2D eigenvalue weighted by Gasteiger charge is 2.29. The van der Waals surface area contributed by atoms with Crippen LogP contribution in [0.4, 0.5) is 4.39 Å². The third kappa shape index (κ3) is 4.86. The molecule has 4 aromatic rings. The number of piperidine rings is 1. The molecule has 178 valence electrons. The van der Waals surface area contributed by atoms with Gasteiger partial charge in [0.1, 0.15) is 11.6 Å². The summed E-state index contributed by atoms with van der Waals surface area (Å²) in [6, 6.07) is 9.44. The number of likely N-dealkylation sites (tertiary alicyclic amines) is 1. The topological polar surface area (TPSA) is 118 Å². The van der Waals surface area contributed by atoms with Crippen LogP contribution >= 0.6 is 0 Å². The fourth-order valence-electron chi connectivity index (χ4n) is 4.24. The Morgan fingerprint density at radius 3 is 2.77 bits per heavy atom. The molecular formula is C25H23FN6O3. The fraction of sp³-hybridized carbons (Fsp3) is 0.280. The minimum Gasteiger partial charge on any atom is -0.342 e. The highest BCUT2D eigenvalue weighted by atomic mass is 19.1. The van der Waals surface area contributed by atoms with Crippen molar-refractivity contribution in [2.45, 2.75) is 32.1 Å². The first-order valence-electron chi connectivity index (χ1n) is 11.4. The molecule has 1 saturated heterocycles. The van der Waals surface area contributed by atoms with E-state index >= 15 is 0 Å². The minimum atomic E-state index is -0.338. The van der Waals surface area contributed by atoms with Crippen LogP contribution in [0.3, 0.4) is 0 Å². The van der Waals surface area contributed by atoms with Crippen molar-refractivity contribution in [2.24, 2.45) is 0 Å². The molecule has 0 spiro atoms. The number of hydrogen-bond acceptors (Lipinski definition) is 7. The second-order valence-electron chi connectivity index (χ2n) is 8.54. The molecule has 1 aromatic carbocycles. The van der Waals surface area contributed by atoms with E-state index in [-0.39, 0.29) is 29.6 Å². The fourth-order valence-corrected chi connectivity index (χ4v) is 4.24. The second kappa shape index (κ2) is 9.57. The number of aromatic nitrogens is 5. The Hall–Kier alpha value is -4.21. The summed E-state index contributed by atoms with van der Waals surface area (Å²) in [5, 5.41) is 4.02. The van der Waals surface area contributed by atoms with Crippen LogP contribution in [-0.4, -0.2) is 49.0 Å². The molecule has 1 fully saturated rings. The number of H-pyrrole nitrogens is 1. The molecule has 1 aliphatic rings. The maximum absolute atomic E-state index is 13.2. The largest absolute Gasteiger partial charge is 0.342 e. The lowest BCUT2D eigenvalue weighted by Gasteiger charge is -2.31. The van der Waals surface area contributed by atoms with Crippen molar-refractivity contribution in [3.8, 4) is 22.8 Å². The Morgan fingerprint density at radius 1 is 1.20 bits per heavy atom. The Bertz CT molecular complexity index is 1400. The van der Waals surface area contributed by atoms with E-state index in [4.69, 9.17) is 4.52 Å². The molecule has 0 bridgehead atoms. The number of rotatable bonds is 5. The van der Waals surface area contributed by atoms with Crippen molar-refractivity contribution in [3.05, 3.63) is 82.1 Å². The number of amides is 1. The maximum atomic E-state index is 13.2. The molecule has 1 amide bonds. The van der Waals surface area contributed by atoms with E-state index in [0.29, 0.717) is 53.0 Å². The minimum absolute atomic E-state index is 0.0428. The van der Waals surface area contributed by atoms with Crippen LogP contribution in [0, 0.1) is 12.7 Å². The summed E-state index contributed by atoms with van der Waals surface area (Å²) in [6.07, 6.45) is 4.80. The summed E-state index contributed by atoms with van der Waals surface area (Å²) in [7, 11) is 0. The van der Waals surface area contributed by atoms with Gasteiger partial charge in [-0.3, -0.25) is 14.6 Å². The Labute approximate surface area is 200 Å². The number of carbonyl (C=O) groups excluding carboxylic acids is 1. The Balaban J connectivity index is 1.29. The van der Waals surface area contributed by atoms with Crippen molar-refractivity contribution >= 4 is 5.91 Å². The van der Waals surface area contributed by atoms with Gasteiger partial charge in [0.05, 0.1) is 12.3 Å². The zero-order valence-corrected chi connectivity index (χ0v) is 19.1. The molecule has 1 atom stereocenters. The molecule has 0 saturated carbocycles. The third-order valence-electron chi connectivity index (χ3n) is 6.15. The molecule has 35 heavy (non-hydrogen) atoms. The Kier molecular flexibility index (Phi) is 6.17. The van der Waals surface area contributed by atoms with E-state index in [1.807, 2.05) is 6.07 Å². The third-order valence-corrected chi connectivity index (χ3v) is 6.15. The molecule has 1 unspecified atom stereocenters. The van der Waals surface area contributed by atoms with Gasteiger partial charge in [0.2, 0.25) is 17.6 Å². The standard InChI is InChI=1S/C25H23FN6O3/c1-15-20(24(34)29-22(28-15)17-4-2-10-27-13-17)12-21(33)32-11-3-5-18(14-32)25-30-23(31-35-25)16-6-8-19(26)9-7-16/h2,4,6-10,13,18H,3,5,11-12,14H2,1H3,(H,28,29,34). The van der Waals surface area contributed by atoms with Gasteiger partial charge < -0.3 is 14.4 Å². The van der Waals surface area contributed by atoms with Gasteiger partial charge in [-0.1, -0.05) is 5.16 Å². The highest BCUT2D eigenvalue weighted by Crippen LogP contribution is 2.28. The normalized spacial score (nSPS) is 15.8. The quantitative estimate of drug-likeness (QED) is 0.472. The lowest BCUT2D eigenvalue weighted by atomic mass is 9.97. The number of halogens is 1. The zero-order chi connectivity index (χ0) is 24.4. The van der Waals surface area contributed by atoms with Crippen molar-refractivity contribution in [2.75, 3.05) is 13.1 Å². The second-order valence-corrected chi connectivity index (χ2v) is 8.54. The van der Waals surface area contributed by atoms with Crippen LogP contribution in [0.15, 0.2) is 58.1 Å². The molecule has 9 nitrogen and oxygen atoms in total. The van der Waals surface area contributed by atoms with Gasteiger partial charge in [0.25, 0.3) is 5.56 Å². The van der Waals surface area contributed by atoms with E-state index in [1.54, 1.807) is 42.4 Å². The van der Waals surface area contributed by atoms with Gasteiger partial charge >= 0.3 is 0 Å². The van der Waals surface area contributed by atoms with Crippen LogP contribution in [0.5, 0.6) is 0 Å². The maximum Gasteiger partial charge on any atom is 0.255 e. The van der Waals surface area contributed by atoms with Crippen LogP contribution in [0.25, 0.3) is 22.8 Å². The number of pyridine rings is 1. The molecule has 0 aliphatic carbocycles. The van der Waals surface area contributed by atoms with Gasteiger partial charge in [0.15, 0.2) is 0 Å². The smallest absolute Gasteiger partial charge is 0.255 e. The van der Waals surface area contributed by atoms with Gasteiger partial charge in [0, 0.05) is 47.9 Å². The number of nitrogens with one attached hydrogen (secondary N) is 1. The van der Waals surface area contributed by atoms with Gasteiger partial charge in [-0.25, -0.2) is 9.37 Å². The average Bonchev–Trinajstić information content (AvgIpc) is 3.37. The van der Waals surface area contributed by atoms with Crippen LogP contribution in [0.2, 0.25) is 0 Å². The van der Waals surface area contributed by atoms with Crippen molar-refractivity contribution < 1.29 is 13.7 Å². The van der Waals surface area contributed by atoms with E-state index in [0.717, 1.165) is 12.8 Å². The molecule has 10 heteroatoms. The summed E-state index contributed by atoms with van der Waals surface area (Å²) in [6.45, 7) is 2.74.